The first kappa shape index (κ1) is 16.8. The van der Waals surface area contributed by atoms with E-state index in [1.54, 1.807) is 7.11 Å². The van der Waals surface area contributed by atoms with Crippen LogP contribution in [0.25, 0.3) is 0 Å². The van der Waals surface area contributed by atoms with Crippen molar-refractivity contribution in [2.45, 2.75) is 32.9 Å². The topological polar surface area (TPSA) is 46.4 Å². The maximum absolute atomic E-state index is 5.37. The molecule has 1 aromatic carbocycles. The van der Waals surface area contributed by atoms with Crippen LogP contribution in [0.3, 0.4) is 0 Å². The van der Waals surface area contributed by atoms with Gasteiger partial charge in [0.15, 0.2) is 0 Å². The Bertz CT molecular complexity index is 682. The molecule has 2 aromatic rings. The fourth-order valence-electron chi connectivity index (χ4n) is 3.48. The minimum Gasteiger partial charge on any atom is -0.497 e. The van der Waals surface area contributed by atoms with Crippen LogP contribution < -0.4 is 9.64 Å². The van der Waals surface area contributed by atoms with E-state index in [1.807, 2.05) is 19.3 Å². The van der Waals surface area contributed by atoms with E-state index in [2.05, 4.69) is 56.6 Å². The lowest BCUT2D eigenvalue weighted by Crippen LogP contribution is -2.59. The van der Waals surface area contributed by atoms with Crippen molar-refractivity contribution in [1.29, 1.82) is 0 Å². The number of hydrogen-bond acceptors (Lipinski definition) is 5. The Morgan fingerprint density at radius 3 is 2.71 bits per heavy atom. The van der Waals surface area contributed by atoms with Crippen molar-refractivity contribution >= 4 is 5.69 Å². The van der Waals surface area contributed by atoms with Gasteiger partial charge in [0, 0.05) is 50.0 Å². The molecule has 1 aliphatic heterocycles. The Hall–Kier alpha value is -2.08. The third kappa shape index (κ3) is 3.53. The van der Waals surface area contributed by atoms with Crippen LogP contribution in [0.15, 0.2) is 30.6 Å². The number of piperazine rings is 1. The van der Waals surface area contributed by atoms with Gasteiger partial charge in [-0.15, -0.1) is 10.2 Å². The van der Waals surface area contributed by atoms with Crippen molar-refractivity contribution in [2.24, 2.45) is 0 Å². The van der Waals surface area contributed by atoms with E-state index >= 15 is 0 Å². The lowest BCUT2D eigenvalue weighted by molar-refractivity contribution is 0.177. The van der Waals surface area contributed by atoms with E-state index in [-0.39, 0.29) is 5.54 Å². The molecule has 0 atom stereocenters. The first-order chi connectivity index (χ1) is 11.5. The summed E-state index contributed by atoms with van der Waals surface area (Å²) in [4.78, 5) is 5.01. The second kappa shape index (κ2) is 6.81. The predicted octanol–water partition coefficient (Wildman–Crippen LogP) is 2.20. The Morgan fingerprint density at radius 2 is 2.04 bits per heavy atom. The number of anilines is 1. The number of methoxy groups -OCH3 is 1. The van der Waals surface area contributed by atoms with Crippen LogP contribution >= 0.6 is 0 Å². The van der Waals surface area contributed by atoms with Gasteiger partial charge in [0.1, 0.15) is 17.9 Å². The first-order valence-electron chi connectivity index (χ1n) is 8.48. The average Bonchev–Trinajstić information content (AvgIpc) is 2.97. The van der Waals surface area contributed by atoms with Gasteiger partial charge in [0.2, 0.25) is 0 Å². The van der Waals surface area contributed by atoms with Gasteiger partial charge in [-0.25, -0.2) is 0 Å². The third-order valence-electron chi connectivity index (χ3n) is 4.81. The normalized spacial score (nSPS) is 17.9. The molecule has 0 amide bonds. The largest absolute Gasteiger partial charge is 0.497 e. The summed E-state index contributed by atoms with van der Waals surface area (Å²) in [6, 6.07) is 8.35. The van der Waals surface area contributed by atoms with Gasteiger partial charge in [-0.1, -0.05) is 6.07 Å². The molecular formula is C18H27N5O. The molecule has 6 heteroatoms. The molecule has 1 fully saturated rings. The van der Waals surface area contributed by atoms with Crippen molar-refractivity contribution in [1.82, 2.24) is 19.7 Å². The number of hydrogen-bond donors (Lipinski definition) is 0. The van der Waals surface area contributed by atoms with Crippen LogP contribution in [0.5, 0.6) is 5.75 Å². The average molecular weight is 329 g/mol. The summed E-state index contributed by atoms with van der Waals surface area (Å²) in [6.45, 7) is 11.7. The second-order valence-corrected chi connectivity index (χ2v) is 7.01. The molecule has 0 bridgehead atoms. The summed E-state index contributed by atoms with van der Waals surface area (Å²) in [5, 5.41) is 8.01. The number of benzene rings is 1. The van der Waals surface area contributed by atoms with Gasteiger partial charge in [-0.2, -0.15) is 0 Å². The van der Waals surface area contributed by atoms with Gasteiger partial charge in [-0.3, -0.25) is 4.90 Å². The minimum atomic E-state index is 0.0762. The number of rotatable bonds is 5. The molecule has 24 heavy (non-hydrogen) atoms. The standard InChI is InChI=1S/C18H27N5O/c1-15-20-19-14-22(15)10-8-21-9-11-23(18(2,3)13-21)16-6-5-7-17(12-16)24-4/h5-7,12,14H,8-11,13H2,1-4H3. The molecule has 6 nitrogen and oxygen atoms in total. The molecule has 0 spiro atoms. The highest BCUT2D eigenvalue weighted by Crippen LogP contribution is 2.30. The second-order valence-electron chi connectivity index (χ2n) is 7.01. The Morgan fingerprint density at radius 1 is 1.21 bits per heavy atom. The van der Waals surface area contributed by atoms with Crippen LogP contribution in [-0.2, 0) is 6.54 Å². The predicted molar refractivity (Wildman–Crippen MR) is 95.6 cm³/mol. The van der Waals surface area contributed by atoms with E-state index in [9.17, 15) is 0 Å². The number of nitrogens with zero attached hydrogens (tertiary/aromatic N) is 5. The van der Waals surface area contributed by atoms with E-state index in [1.165, 1.54) is 5.69 Å². The molecule has 130 valence electrons. The fourth-order valence-corrected chi connectivity index (χ4v) is 3.48. The Labute approximate surface area is 144 Å². The molecule has 3 rings (SSSR count). The molecule has 0 unspecified atom stereocenters. The van der Waals surface area contributed by atoms with E-state index < -0.39 is 0 Å². The van der Waals surface area contributed by atoms with Crippen LogP contribution in [0.1, 0.15) is 19.7 Å². The van der Waals surface area contributed by atoms with Crippen molar-refractivity contribution in [3.05, 3.63) is 36.4 Å². The molecule has 0 saturated carbocycles. The molecule has 1 aliphatic rings. The van der Waals surface area contributed by atoms with Crippen LogP contribution in [0.2, 0.25) is 0 Å². The smallest absolute Gasteiger partial charge is 0.129 e. The van der Waals surface area contributed by atoms with Gasteiger partial charge in [-0.05, 0) is 32.9 Å². The maximum atomic E-state index is 5.37. The van der Waals surface area contributed by atoms with Crippen LogP contribution in [0.4, 0.5) is 5.69 Å². The number of ether oxygens (including phenoxy) is 1. The van der Waals surface area contributed by atoms with Gasteiger partial charge < -0.3 is 14.2 Å². The van der Waals surface area contributed by atoms with Crippen molar-refractivity contribution in [2.75, 3.05) is 38.2 Å². The first-order valence-corrected chi connectivity index (χ1v) is 8.48. The SMILES string of the molecule is COc1cccc(N2CCN(CCn3cnnc3C)CC2(C)C)c1. The lowest BCUT2D eigenvalue weighted by atomic mass is 9.97. The van der Waals surface area contributed by atoms with Crippen molar-refractivity contribution in [3.8, 4) is 5.75 Å². The zero-order chi connectivity index (χ0) is 17.2. The molecule has 2 heterocycles. The zero-order valence-corrected chi connectivity index (χ0v) is 15.1. The van der Waals surface area contributed by atoms with E-state index in [0.29, 0.717) is 0 Å². The summed E-state index contributed by atoms with van der Waals surface area (Å²) < 4.78 is 7.49. The van der Waals surface area contributed by atoms with Crippen LogP contribution in [0, 0.1) is 6.92 Å². The summed E-state index contributed by atoms with van der Waals surface area (Å²) in [5.74, 6) is 1.89. The Balaban J connectivity index is 1.65. The van der Waals surface area contributed by atoms with E-state index in [4.69, 9.17) is 4.74 Å². The van der Waals surface area contributed by atoms with Crippen LogP contribution in [-0.4, -0.2) is 58.5 Å². The maximum Gasteiger partial charge on any atom is 0.129 e. The van der Waals surface area contributed by atoms with Crippen molar-refractivity contribution in [3.63, 3.8) is 0 Å². The van der Waals surface area contributed by atoms with Gasteiger partial charge in [0.05, 0.1) is 7.11 Å². The summed E-state index contributed by atoms with van der Waals surface area (Å²) in [5.41, 5.74) is 1.31. The molecule has 1 saturated heterocycles. The highest BCUT2D eigenvalue weighted by Gasteiger charge is 2.33. The summed E-state index contributed by atoms with van der Waals surface area (Å²) >= 11 is 0. The Kier molecular flexibility index (Phi) is 4.76. The third-order valence-corrected chi connectivity index (χ3v) is 4.81. The molecule has 0 radical (unpaired) electrons. The molecular weight excluding hydrogens is 302 g/mol. The summed E-state index contributed by atoms with van der Waals surface area (Å²) in [6.07, 6.45) is 1.81. The number of aryl methyl sites for hydroxylation is 1. The van der Waals surface area contributed by atoms with Gasteiger partial charge >= 0.3 is 0 Å². The highest BCUT2D eigenvalue weighted by atomic mass is 16.5. The monoisotopic (exact) mass is 329 g/mol. The quantitative estimate of drug-likeness (QED) is 0.841. The fraction of sp³-hybridized carbons (Fsp3) is 0.556. The molecule has 0 aliphatic carbocycles. The molecule has 0 N–H and O–H groups in total. The van der Waals surface area contributed by atoms with E-state index in [0.717, 1.165) is 44.3 Å². The number of aromatic nitrogens is 3. The summed E-state index contributed by atoms with van der Waals surface area (Å²) in [7, 11) is 1.72. The minimum absolute atomic E-state index is 0.0762. The highest BCUT2D eigenvalue weighted by molar-refractivity contribution is 5.53. The molecule has 1 aromatic heterocycles. The lowest BCUT2D eigenvalue weighted by Gasteiger charge is -2.48. The van der Waals surface area contributed by atoms with Gasteiger partial charge in [0.25, 0.3) is 0 Å². The van der Waals surface area contributed by atoms with Crippen molar-refractivity contribution < 1.29 is 4.74 Å². The zero-order valence-electron chi connectivity index (χ0n) is 15.1.